The van der Waals surface area contributed by atoms with Gasteiger partial charge in [0, 0.05) is 23.4 Å². The Balaban J connectivity index is 1.43. The molecule has 5 rings (SSSR count). The van der Waals surface area contributed by atoms with Crippen LogP contribution in [-0.2, 0) is 10.0 Å². The van der Waals surface area contributed by atoms with Gasteiger partial charge in [0.1, 0.15) is 5.82 Å². The normalized spacial score (nSPS) is 22.5. The molecule has 154 valence electrons. The summed E-state index contributed by atoms with van der Waals surface area (Å²) in [5, 5.41) is 0.373. The summed E-state index contributed by atoms with van der Waals surface area (Å²) >= 11 is 5.92. The lowest BCUT2D eigenvalue weighted by atomic mass is 9.97. The number of halogens is 1. The molecule has 1 unspecified atom stereocenters. The molecule has 1 N–H and O–H groups in total. The standard InChI is InChI=1S/C21H20ClN5O2S/c1-13-7-14(10-26-30(28,29)17-4-2-3-15(22)9-17)8-18(13)21-25-12-16-11-24-20-19(27(16)21)5-6-23-20/h2-6,9-14,18,23H,7-8H2,1H3/t13-,14?,18+/m1/s1. The number of sulfonamides is 1. The Morgan fingerprint density at radius 2 is 2.07 bits per heavy atom. The van der Waals surface area contributed by atoms with Crippen LogP contribution < -0.4 is 0 Å². The molecule has 0 aliphatic heterocycles. The molecule has 0 saturated heterocycles. The van der Waals surface area contributed by atoms with Crippen molar-refractivity contribution >= 4 is 44.5 Å². The van der Waals surface area contributed by atoms with E-state index in [1.54, 1.807) is 18.3 Å². The average molecular weight is 442 g/mol. The fourth-order valence-corrected chi connectivity index (χ4v) is 5.63. The first-order chi connectivity index (χ1) is 14.4. The maximum absolute atomic E-state index is 12.5. The number of aromatic amines is 1. The molecule has 1 fully saturated rings. The second-order valence-electron chi connectivity index (χ2n) is 7.85. The monoisotopic (exact) mass is 441 g/mol. The van der Waals surface area contributed by atoms with Crippen molar-refractivity contribution in [3.8, 4) is 0 Å². The fraction of sp³-hybridized carbons (Fsp3) is 0.286. The first-order valence-electron chi connectivity index (χ1n) is 9.78. The summed E-state index contributed by atoms with van der Waals surface area (Å²) in [7, 11) is -3.76. The summed E-state index contributed by atoms with van der Waals surface area (Å²) in [5.74, 6) is 1.61. The Hall–Kier alpha value is -2.71. The van der Waals surface area contributed by atoms with Gasteiger partial charge in [0.25, 0.3) is 10.0 Å². The SMILES string of the molecule is C[C@@H]1CC(C=NS(=O)(=O)c2cccc(Cl)c2)C[C@@H]1c1ncc2cnc3[nH]ccc3n12. The van der Waals surface area contributed by atoms with Gasteiger partial charge in [0.05, 0.1) is 28.3 Å². The minimum Gasteiger partial charge on any atom is -0.345 e. The molecule has 7 nitrogen and oxygen atoms in total. The Kier molecular flexibility index (Phi) is 4.63. The highest BCUT2D eigenvalue weighted by molar-refractivity contribution is 7.90. The quantitative estimate of drug-likeness (QED) is 0.473. The molecule has 3 aromatic heterocycles. The van der Waals surface area contributed by atoms with E-state index in [1.807, 2.05) is 24.7 Å². The van der Waals surface area contributed by atoms with Gasteiger partial charge in [0.2, 0.25) is 0 Å². The van der Waals surface area contributed by atoms with Crippen molar-refractivity contribution in [3.63, 3.8) is 0 Å². The lowest BCUT2D eigenvalue weighted by Crippen LogP contribution is -2.07. The highest BCUT2D eigenvalue weighted by Crippen LogP contribution is 2.42. The van der Waals surface area contributed by atoms with Gasteiger partial charge in [-0.2, -0.15) is 12.8 Å². The summed E-state index contributed by atoms with van der Waals surface area (Å²) in [6.07, 6.45) is 8.75. The molecule has 0 spiro atoms. The van der Waals surface area contributed by atoms with E-state index in [0.29, 0.717) is 10.9 Å². The molecule has 1 aliphatic carbocycles. The Labute approximate surface area is 178 Å². The van der Waals surface area contributed by atoms with Crippen molar-refractivity contribution in [2.24, 2.45) is 16.2 Å². The van der Waals surface area contributed by atoms with E-state index < -0.39 is 10.0 Å². The van der Waals surface area contributed by atoms with Crippen LogP contribution in [0.1, 0.15) is 31.5 Å². The van der Waals surface area contributed by atoms with Gasteiger partial charge in [-0.05, 0) is 48.9 Å². The number of aromatic nitrogens is 4. The van der Waals surface area contributed by atoms with E-state index in [1.165, 1.54) is 12.1 Å². The van der Waals surface area contributed by atoms with Gasteiger partial charge < -0.3 is 4.98 Å². The zero-order valence-corrected chi connectivity index (χ0v) is 17.8. The largest absolute Gasteiger partial charge is 0.345 e. The molecule has 30 heavy (non-hydrogen) atoms. The first-order valence-corrected chi connectivity index (χ1v) is 11.6. The summed E-state index contributed by atoms with van der Waals surface area (Å²) in [6, 6.07) is 8.17. The molecule has 1 aliphatic rings. The third-order valence-electron chi connectivity index (χ3n) is 5.84. The molecule has 0 radical (unpaired) electrons. The second-order valence-corrected chi connectivity index (χ2v) is 9.92. The fourth-order valence-electron chi connectivity index (χ4n) is 4.39. The number of rotatable bonds is 4. The number of H-pyrrole nitrogens is 1. The van der Waals surface area contributed by atoms with Gasteiger partial charge in [-0.15, -0.1) is 0 Å². The van der Waals surface area contributed by atoms with Gasteiger partial charge in [-0.1, -0.05) is 24.6 Å². The number of nitrogens with one attached hydrogen (secondary N) is 1. The van der Waals surface area contributed by atoms with E-state index in [9.17, 15) is 8.42 Å². The van der Waals surface area contributed by atoms with E-state index in [2.05, 4.69) is 30.7 Å². The van der Waals surface area contributed by atoms with Gasteiger partial charge >= 0.3 is 0 Å². The predicted molar refractivity (Wildman–Crippen MR) is 117 cm³/mol. The van der Waals surface area contributed by atoms with E-state index in [4.69, 9.17) is 11.6 Å². The third-order valence-corrected chi connectivity index (χ3v) is 7.33. The molecule has 3 atom stereocenters. The predicted octanol–water partition coefficient (Wildman–Crippen LogP) is 4.45. The van der Waals surface area contributed by atoms with Crippen molar-refractivity contribution in [1.82, 2.24) is 19.4 Å². The Bertz CT molecular complexity index is 1370. The third kappa shape index (κ3) is 3.30. The minimum absolute atomic E-state index is 0.0647. The van der Waals surface area contributed by atoms with Crippen LogP contribution in [0.25, 0.3) is 16.7 Å². The Morgan fingerprint density at radius 3 is 2.90 bits per heavy atom. The summed E-state index contributed by atoms with van der Waals surface area (Å²) in [5.41, 5.74) is 2.76. The highest BCUT2D eigenvalue weighted by atomic mass is 35.5. The van der Waals surface area contributed by atoms with Crippen LogP contribution in [-0.4, -0.2) is 34.0 Å². The molecule has 1 saturated carbocycles. The zero-order chi connectivity index (χ0) is 20.9. The number of imidazole rings is 1. The number of hydrogen-bond donors (Lipinski definition) is 1. The number of benzene rings is 1. The van der Waals surface area contributed by atoms with Gasteiger partial charge in [-0.3, -0.25) is 4.40 Å². The molecular weight excluding hydrogens is 422 g/mol. The van der Waals surface area contributed by atoms with Crippen LogP contribution in [0, 0.1) is 11.8 Å². The van der Waals surface area contributed by atoms with E-state index in [-0.39, 0.29) is 16.7 Å². The molecule has 1 aromatic carbocycles. The van der Waals surface area contributed by atoms with Crippen LogP contribution in [0.3, 0.4) is 0 Å². The van der Waals surface area contributed by atoms with E-state index in [0.717, 1.165) is 35.3 Å². The number of nitrogens with zero attached hydrogens (tertiary/aromatic N) is 4. The summed E-state index contributed by atoms with van der Waals surface area (Å²) in [4.78, 5) is 12.4. The number of hydrogen-bond acceptors (Lipinski definition) is 4. The van der Waals surface area contributed by atoms with Crippen LogP contribution >= 0.6 is 11.6 Å². The lowest BCUT2D eigenvalue weighted by molar-refractivity contribution is 0.509. The maximum atomic E-state index is 12.5. The first kappa shape index (κ1) is 19.3. The molecule has 4 aromatic rings. The summed E-state index contributed by atoms with van der Waals surface area (Å²) in [6.45, 7) is 2.18. The topological polar surface area (TPSA) is 92.5 Å². The van der Waals surface area contributed by atoms with Gasteiger partial charge in [-0.25, -0.2) is 9.97 Å². The molecule has 9 heteroatoms. The van der Waals surface area contributed by atoms with E-state index >= 15 is 0 Å². The van der Waals surface area contributed by atoms with Crippen molar-refractivity contribution < 1.29 is 8.42 Å². The van der Waals surface area contributed by atoms with Crippen LogP contribution in [0.15, 0.2) is 58.2 Å². The van der Waals surface area contributed by atoms with Crippen molar-refractivity contribution in [2.75, 3.05) is 0 Å². The second kappa shape index (κ2) is 7.21. The zero-order valence-electron chi connectivity index (χ0n) is 16.2. The van der Waals surface area contributed by atoms with Crippen molar-refractivity contribution in [1.29, 1.82) is 0 Å². The lowest BCUT2D eigenvalue weighted by Gasteiger charge is -2.14. The van der Waals surface area contributed by atoms with Gasteiger partial charge in [0.15, 0.2) is 5.65 Å². The van der Waals surface area contributed by atoms with Crippen LogP contribution in [0.2, 0.25) is 5.02 Å². The number of fused-ring (bicyclic) bond motifs is 3. The average Bonchev–Trinajstić information content (AvgIpc) is 3.43. The summed E-state index contributed by atoms with van der Waals surface area (Å²) < 4.78 is 31.2. The van der Waals surface area contributed by atoms with Crippen LogP contribution in [0.5, 0.6) is 0 Å². The van der Waals surface area contributed by atoms with Crippen LogP contribution in [0.4, 0.5) is 0 Å². The maximum Gasteiger partial charge on any atom is 0.282 e. The molecule has 0 amide bonds. The Morgan fingerprint density at radius 1 is 1.23 bits per heavy atom. The highest BCUT2D eigenvalue weighted by Gasteiger charge is 2.34. The molecule has 0 bridgehead atoms. The smallest absolute Gasteiger partial charge is 0.282 e. The van der Waals surface area contributed by atoms with Crippen molar-refractivity contribution in [2.45, 2.75) is 30.6 Å². The molecule has 3 heterocycles. The minimum atomic E-state index is -3.76. The van der Waals surface area contributed by atoms with Crippen molar-refractivity contribution in [3.05, 3.63) is 59.8 Å². The molecular formula is C21H20ClN5O2S.